The van der Waals surface area contributed by atoms with Gasteiger partial charge in [-0.15, -0.1) is 11.8 Å². The highest BCUT2D eigenvalue weighted by Crippen LogP contribution is 2.27. The number of pyridine rings is 1. The van der Waals surface area contributed by atoms with Crippen molar-refractivity contribution >= 4 is 17.7 Å². The molecule has 1 aromatic carbocycles. The summed E-state index contributed by atoms with van der Waals surface area (Å²) in [6.45, 7) is 0. The predicted octanol–water partition coefficient (Wildman–Crippen LogP) is 4.01. The molecule has 1 amide bonds. The van der Waals surface area contributed by atoms with Gasteiger partial charge in [0.2, 0.25) is 11.8 Å². The molecule has 1 fully saturated rings. The topological polar surface area (TPSA) is 85.4 Å². The molecule has 5 nitrogen and oxygen atoms in total. The van der Waals surface area contributed by atoms with E-state index in [-0.39, 0.29) is 5.76 Å². The van der Waals surface area contributed by atoms with Crippen molar-refractivity contribution in [3.8, 4) is 5.88 Å². The molecule has 27 heavy (non-hydrogen) atoms. The van der Waals surface area contributed by atoms with E-state index < -0.39 is 5.91 Å². The minimum Gasteiger partial charge on any atom is -0.511 e. The highest BCUT2D eigenvalue weighted by molar-refractivity contribution is 7.99. The normalized spacial score (nSPS) is 15.0. The summed E-state index contributed by atoms with van der Waals surface area (Å²) >= 11 is 1.45. The first-order valence-corrected chi connectivity index (χ1v) is 10.1. The van der Waals surface area contributed by atoms with Gasteiger partial charge in [0.25, 0.3) is 0 Å². The van der Waals surface area contributed by atoms with Crippen LogP contribution in [0, 0.1) is 0 Å². The molecule has 1 heterocycles. The molecule has 1 saturated carbocycles. The van der Waals surface area contributed by atoms with Crippen LogP contribution in [-0.2, 0) is 11.2 Å². The van der Waals surface area contributed by atoms with E-state index in [0.717, 1.165) is 41.7 Å². The second-order valence-corrected chi connectivity index (χ2v) is 7.69. The molecule has 2 aromatic rings. The molecular weight excluding hydrogens is 360 g/mol. The summed E-state index contributed by atoms with van der Waals surface area (Å²) in [5, 5.41) is 9.60. The Morgan fingerprint density at radius 1 is 1.26 bits per heavy atom. The van der Waals surface area contributed by atoms with Crippen molar-refractivity contribution in [2.75, 3.05) is 5.75 Å². The fourth-order valence-corrected chi connectivity index (χ4v) is 3.84. The molecular formula is C21H24N2O3S. The average molecular weight is 385 g/mol. The second kappa shape index (κ2) is 9.46. The molecule has 1 aromatic heterocycles. The zero-order valence-corrected chi connectivity index (χ0v) is 16.0. The SMILES string of the molecule is NC(=O)/C=C(\O)CSc1ccc(Cc2cccnc2OC2CCCC2)cc1. The molecule has 0 saturated heterocycles. The zero-order chi connectivity index (χ0) is 19.1. The number of thioether (sulfide) groups is 1. The van der Waals surface area contributed by atoms with Crippen molar-refractivity contribution in [2.45, 2.75) is 43.1 Å². The summed E-state index contributed by atoms with van der Waals surface area (Å²) in [5.74, 6) is 0.380. The first kappa shape index (κ1) is 19.3. The average Bonchev–Trinajstić information content (AvgIpc) is 3.15. The summed E-state index contributed by atoms with van der Waals surface area (Å²) in [6, 6.07) is 12.1. The van der Waals surface area contributed by atoms with Crippen molar-refractivity contribution in [3.05, 3.63) is 65.6 Å². The molecule has 6 heteroatoms. The summed E-state index contributed by atoms with van der Waals surface area (Å²) < 4.78 is 6.11. The number of amides is 1. The van der Waals surface area contributed by atoms with Gasteiger partial charge in [0.1, 0.15) is 11.9 Å². The largest absolute Gasteiger partial charge is 0.511 e. The lowest BCUT2D eigenvalue weighted by Gasteiger charge is -2.15. The van der Waals surface area contributed by atoms with E-state index in [4.69, 9.17) is 10.5 Å². The van der Waals surface area contributed by atoms with Crippen LogP contribution in [-0.4, -0.2) is 27.9 Å². The summed E-state index contributed by atoms with van der Waals surface area (Å²) in [7, 11) is 0. The number of hydrogen-bond acceptors (Lipinski definition) is 5. The quantitative estimate of drug-likeness (QED) is 0.408. The number of aliphatic hydroxyl groups excluding tert-OH is 1. The van der Waals surface area contributed by atoms with Crippen molar-refractivity contribution < 1.29 is 14.6 Å². The zero-order valence-electron chi connectivity index (χ0n) is 15.1. The van der Waals surface area contributed by atoms with Crippen LogP contribution in [0.4, 0.5) is 0 Å². The van der Waals surface area contributed by atoms with Crippen molar-refractivity contribution in [2.24, 2.45) is 5.73 Å². The number of nitrogens with two attached hydrogens (primary N) is 1. The smallest absolute Gasteiger partial charge is 0.244 e. The summed E-state index contributed by atoms with van der Waals surface area (Å²) in [6.07, 6.45) is 8.55. The van der Waals surface area contributed by atoms with Gasteiger partial charge in [0.15, 0.2) is 0 Å². The Bertz CT molecular complexity index is 799. The van der Waals surface area contributed by atoms with Crippen LogP contribution >= 0.6 is 11.8 Å². The van der Waals surface area contributed by atoms with Gasteiger partial charge in [0.05, 0.1) is 5.75 Å². The number of aliphatic hydroxyl groups is 1. The third-order valence-corrected chi connectivity index (χ3v) is 5.49. The van der Waals surface area contributed by atoms with E-state index in [1.54, 1.807) is 6.20 Å². The highest BCUT2D eigenvalue weighted by Gasteiger charge is 2.18. The van der Waals surface area contributed by atoms with Crippen LogP contribution in [0.5, 0.6) is 5.88 Å². The van der Waals surface area contributed by atoms with Crippen molar-refractivity contribution in [1.82, 2.24) is 4.98 Å². The number of ether oxygens (including phenoxy) is 1. The number of rotatable bonds is 8. The Labute approximate surface area is 163 Å². The number of benzene rings is 1. The fraction of sp³-hybridized carbons (Fsp3) is 0.333. The van der Waals surface area contributed by atoms with Crippen molar-refractivity contribution in [1.29, 1.82) is 0 Å². The van der Waals surface area contributed by atoms with Gasteiger partial charge in [0, 0.05) is 29.2 Å². The number of carbonyl (C=O) groups excluding carboxylic acids is 1. The molecule has 0 radical (unpaired) electrons. The minimum atomic E-state index is -0.643. The molecule has 3 rings (SSSR count). The molecule has 0 atom stereocenters. The van der Waals surface area contributed by atoms with Crippen LogP contribution in [0.25, 0.3) is 0 Å². The molecule has 0 spiro atoms. The monoisotopic (exact) mass is 384 g/mol. The maximum atomic E-state index is 10.7. The molecule has 1 aliphatic carbocycles. The standard InChI is InChI=1S/C21H24N2O3S/c22-20(25)13-17(24)14-27-19-9-7-15(8-10-19)12-16-4-3-11-23-21(16)26-18-5-1-2-6-18/h3-4,7-11,13,18,24H,1-2,5-6,12,14H2,(H2,22,25)/b17-13-. The van der Waals surface area contributed by atoms with E-state index >= 15 is 0 Å². The molecule has 0 aliphatic heterocycles. The lowest BCUT2D eigenvalue weighted by atomic mass is 10.1. The van der Waals surface area contributed by atoms with Crippen LogP contribution in [0.15, 0.2) is 59.3 Å². The first-order chi connectivity index (χ1) is 13.1. The number of hydrogen-bond donors (Lipinski definition) is 2. The maximum absolute atomic E-state index is 10.7. The Kier molecular flexibility index (Phi) is 6.76. The first-order valence-electron chi connectivity index (χ1n) is 9.11. The fourth-order valence-electron chi connectivity index (χ4n) is 3.12. The minimum absolute atomic E-state index is 0.0272. The molecule has 0 bridgehead atoms. The Balaban J connectivity index is 1.60. The molecule has 0 unspecified atom stereocenters. The highest BCUT2D eigenvalue weighted by atomic mass is 32.2. The second-order valence-electron chi connectivity index (χ2n) is 6.64. The van der Waals surface area contributed by atoms with E-state index in [1.807, 2.05) is 18.2 Å². The number of primary amides is 1. The van der Waals surface area contributed by atoms with E-state index in [9.17, 15) is 9.90 Å². The van der Waals surface area contributed by atoms with Crippen LogP contribution < -0.4 is 10.5 Å². The van der Waals surface area contributed by atoms with Gasteiger partial charge in [-0.2, -0.15) is 0 Å². The molecule has 3 N–H and O–H groups in total. The van der Waals surface area contributed by atoms with Gasteiger partial charge >= 0.3 is 0 Å². The molecule has 1 aliphatic rings. The third kappa shape index (κ3) is 6.03. The maximum Gasteiger partial charge on any atom is 0.244 e. The van der Waals surface area contributed by atoms with Gasteiger partial charge in [-0.05, 0) is 49.4 Å². The van der Waals surface area contributed by atoms with Crippen LogP contribution in [0.1, 0.15) is 36.8 Å². The van der Waals surface area contributed by atoms with Crippen molar-refractivity contribution in [3.63, 3.8) is 0 Å². The van der Waals surface area contributed by atoms with Gasteiger partial charge in [-0.25, -0.2) is 4.98 Å². The number of nitrogens with zero attached hydrogens (tertiary/aromatic N) is 1. The van der Waals surface area contributed by atoms with Gasteiger partial charge in [-0.3, -0.25) is 4.79 Å². The number of carbonyl (C=O) groups is 1. The van der Waals surface area contributed by atoms with E-state index in [2.05, 4.69) is 23.2 Å². The lowest BCUT2D eigenvalue weighted by Crippen LogP contribution is -2.13. The van der Waals surface area contributed by atoms with Crippen LogP contribution in [0.3, 0.4) is 0 Å². The van der Waals surface area contributed by atoms with E-state index in [1.165, 1.54) is 30.2 Å². The number of aromatic nitrogens is 1. The lowest BCUT2D eigenvalue weighted by molar-refractivity contribution is -0.113. The summed E-state index contributed by atoms with van der Waals surface area (Å²) in [4.78, 5) is 16.2. The Morgan fingerprint density at radius 3 is 2.70 bits per heavy atom. The summed E-state index contributed by atoms with van der Waals surface area (Å²) in [5.41, 5.74) is 7.28. The molecule has 142 valence electrons. The Morgan fingerprint density at radius 2 is 2.00 bits per heavy atom. The Hall–Kier alpha value is -2.47. The predicted molar refractivity (Wildman–Crippen MR) is 107 cm³/mol. The van der Waals surface area contributed by atoms with E-state index in [0.29, 0.717) is 11.9 Å². The van der Waals surface area contributed by atoms with Gasteiger partial charge in [-0.1, -0.05) is 18.2 Å². The third-order valence-electron chi connectivity index (χ3n) is 4.44. The van der Waals surface area contributed by atoms with Gasteiger partial charge < -0.3 is 15.6 Å². The van der Waals surface area contributed by atoms with Crippen LogP contribution in [0.2, 0.25) is 0 Å².